The Morgan fingerprint density at radius 1 is 0.618 bits per heavy atom. The van der Waals surface area contributed by atoms with Crippen LogP contribution in [0.15, 0.2) is 128 Å². The maximum atomic E-state index is 9.11. The lowest BCUT2D eigenvalue weighted by Crippen LogP contribution is -2.74. The van der Waals surface area contributed by atoms with Crippen molar-refractivity contribution >= 4 is 36.5 Å². The second-order valence-corrected chi connectivity index (χ2v) is 11.7. The molecule has 164 valence electrons. The van der Waals surface area contributed by atoms with Gasteiger partial charge in [-0.15, -0.1) is 0 Å². The molecule has 6 heteroatoms. The highest BCUT2D eigenvalue weighted by atomic mass is 28.3. The molecule has 0 unspecified atom stereocenters. The molecule has 1 aromatic heterocycles. The number of rotatable bonds is 7. The summed E-state index contributed by atoms with van der Waals surface area (Å²) in [6, 6.07) is 43.0. The highest BCUT2D eigenvalue weighted by molar-refractivity contribution is 7.19. The second kappa shape index (κ2) is 9.87. The summed E-state index contributed by atoms with van der Waals surface area (Å²) in [6.45, 7) is 0. The van der Waals surface area contributed by atoms with Gasteiger partial charge < -0.3 is 9.68 Å². The summed E-state index contributed by atoms with van der Waals surface area (Å²) in [5, 5.41) is 14.3. The largest absolute Gasteiger partial charge is 0.510 e. The van der Waals surface area contributed by atoms with Crippen LogP contribution in [0.25, 0.3) is 11.3 Å². The summed E-state index contributed by atoms with van der Waals surface area (Å²) in [5.74, 6) is 0. The summed E-state index contributed by atoms with van der Waals surface area (Å²) >= 11 is 0. The summed E-state index contributed by atoms with van der Waals surface area (Å²) < 4.78 is 5.12. The molecular weight excluding hydrogens is 435 g/mol. The Morgan fingerprint density at radius 3 is 1.68 bits per heavy atom. The van der Waals surface area contributed by atoms with Crippen LogP contribution >= 0.6 is 0 Å². The van der Waals surface area contributed by atoms with Crippen LogP contribution in [0.5, 0.6) is 6.01 Å². The molecule has 5 aromatic rings. The maximum absolute atomic E-state index is 9.11. The number of nitrogens with zero attached hydrogens (tertiary/aromatic N) is 2. The average Bonchev–Trinajstić information content (AvgIpc) is 2.92. The minimum Gasteiger partial charge on any atom is -0.510 e. The van der Waals surface area contributed by atoms with Crippen LogP contribution in [0, 0.1) is 0 Å². The average molecular weight is 458 g/mol. The Bertz CT molecular complexity index is 1270. The molecule has 0 aliphatic carbocycles. The van der Waals surface area contributed by atoms with Crippen LogP contribution in [-0.4, -0.2) is 30.8 Å². The molecule has 5 rings (SSSR count). The topological polar surface area (TPSA) is 55.2 Å². The third-order valence-corrected chi connectivity index (χ3v) is 10.8. The van der Waals surface area contributed by atoms with E-state index in [2.05, 4.69) is 125 Å². The van der Waals surface area contributed by atoms with Gasteiger partial charge in [0.2, 0.25) is 0 Å². The fourth-order valence-electron chi connectivity index (χ4n) is 4.61. The van der Waals surface area contributed by atoms with Crippen molar-refractivity contribution in [3.05, 3.63) is 128 Å². The van der Waals surface area contributed by atoms with E-state index in [-0.39, 0.29) is 6.01 Å². The highest BCUT2D eigenvalue weighted by Crippen LogP contribution is 2.19. The van der Waals surface area contributed by atoms with E-state index in [0.29, 0.717) is 0 Å². The lowest BCUT2D eigenvalue weighted by molar-refractivity contribution is 0.431. The minimum atomic E-state index is -2.61. The monoisotopic (exact) mass is 458 g/mol. The van der Waals surface area contributed by atoms with Crippen molar-refractivity contribution in [2.24, 2.45) is 0 Å². The van der Waals surface area contributed by atoms with Gasteiger partial charge in [0.05, 0.1) is 5.69 Å². The zero-order chi connectivity index (χ0) is 23.2. The van der Waals surface area contributed by atoms with Crippen LogP contribution < -0.4 is 25.4 Å². The van der Waals surface area contributed by atoms with E-state index in [1.807, 2.05) is 6.07 Å². The van der Waals surface area contributed by atoms with Crippen molar-refractivity contribution in [1.29, 1.82) is 0 Å². The van der Waals surface area contributed by atoms with Gasteiger partial charge in [0, 0.05) is 11.8 Å². The van der Waals surface area contributed by atoms with Gasteiger partial charge in [0.1, 0.15) is 0 Å². The van der Waals surface area contributed by atoms with E-state index >= 15 is 0 Å². The molecule has 34 heavy (non-hydrogen) atoms. The van der Waals surface area contributed by atoms with E-state index in [4.69, 9.17) is 9.68 Å². The molecule has 0 saturated heterocycles. The molecule has 0 aliphatic rings. The molecule has 0 spiro atoms. The quantitative estimate of drug-likeness (QED) is 0.300. The zero-order valence-electron chi connectivity index (χ0n) is 18.6. The van der Waals surface area contributed by atoms with Gasteiger partial charge >= 0.3 is 7.69 Å². The highest BCUT2D eigenvalue weighted by Gasteiger charge is 2.41. The number of benzene rings is 4. The summed E-state index contributed by atoms with van der Waals surface area (Å²) in [5.41, 5.74) is 1.72. The van der Waals surface area contributed by atoms with Gasteiger partial charge in [0.25, 0.3) is 6.01 Å². The zero-order valence-corrected chi connectivity index (χ0v) is 19.6. The van der Waals surface area contributed by atoms with E-state index < -0.39 is 15.8 Å². The minimum absolute atomic E-state index is 0.156. The SMILES string of the molecule is OBOc1nccc(-c2cccc([Si](c3ccccc3)(c3ccccc3)c3ccccc3)c2)n1. The van der Waals surface area contributed by atoms with Crippen molar-refractivity contribution in [3.63, 3.8) is 0 Å². The van der Waals surface area contributed by atoms with Crippen molar-refractivity contribution in [2.45, 2.75) is 0 Å². The van der Waals surface area contributed by atoms with Gasteiger partial charge in [-0.1, -0.05) is 115 Å². The van der Waals surface area contributed by atoms with Crippen molar-refractivity contribution in [3.8, 4) is 17.3 Å². The van der Waals surface area contributed by atoms with Gasteiger partial charge in [-0.25, -0.2) is 4.98 Å². The molecule has 4 nitrogen and oxygen atoms in total. The van der Waals surface area contributed by atoms with Crippen LogP contribution in [-0.2, 0) is 0 Å². The predicted molar refractivity (Wildman–Crippen MR) is 141 cm³/mol. The lowest BCUT2D eigenvalue weighted by atomic mass is 10.1. The van der Waals surface area contributed by atoms with Crippen LogP contribution in [0.1, 0.15) is 0 Å². The first-order valence-corrected chi connectivity index (χ1v) is 13.2. The smallest absolute Gasteiger partial charge is 0.506 e. The first kappa shape index (κ1) is 21.8. The molecule has 1 heterocycles. The first-order chi connectivity index (χ1) is 16.8. The molecule has 0 atom stereocenters. The maximum Gasteiger partial charge on any atom is 0.506 e. The third-order valence-electron chi connectivity index (χ3n) is 6.04. The van der Waals surface area contributed by atoms with Gasteiger partial charge in [-0.2, -0.15) is 4.98 Å². The van der Waals surface area contributed by atoms with E-state index in [1.54, 1.807) is 6.20 Å². The normalized spacial score (nSPS) is 11.1. The van der Waals surface area contributed by atoms with Crippen LogP contribution in [0.4, 0.5) is 0 Å². The molecule has 0 radical (unpaired) electrons. The Labute approximate surface area is 200 Å². The summed E-state index contributed by atoms with van der Waals surface area (Å²) in [7, 11) is -3.07. The molecule has 1 N–H and O–H groups in total. The molecular formula is C28H23BN2O2Si. The molecule has 0 amide bonds. The molecule has 0 saturated carbocycles. The van der Waals surface area contributed by atoms with Gasteiger partial charge in [0.15, 0.2) is 8.07 Å². The standard InChI is InChI=1S/C28H23BN2O2Si/c32-29-33-28-30-20-19-27(31-28)22-11-10-18-26(21-22)34(23-12-4-1-5-13-23,24-14-6-2-7-15-24)25-16-8-3-9-17-25/h1-21,29,32H. The molecule has 0 fully saturated rings. The fraction of sp³-hybridized carbons (Fsp3) is 0. The summed E-state index contributed by atoms with van der Waals surface area (Å²) in [4.78, 5) is 8.58. The second-order valence-electron chi connectivity index (χ2n) is 7.93. The number of aromatic nitrogens is 2. The van der Waals surface area contributed by atoms with Gasteiger partial charge in [-0.05, 0) is 26.8 Å². The Morgan fingerprint density at radius 2 is 1.15 bits per heavy atom. The van der Waals surface area contributed by atoms with E-state index in [0.717, 1.165) is 11.3 Å². The number of hydrogen-bond acceptors (Lipinski definition) is 4. The molecule has 0 aliphatic heterocycles. The molecule has 4 aromatic carbocycles. The predicted octanol–water partition coefficient (Wildman–Crippen LogP) is 2.16. The van der Waals surface area contributed by atoms with Gasteiger partial charge in [-0.3, -0.25) is 0 Å². The van der Waals surface area contributed by atoms with Crippen molar-refractivity contribution < 1.29 is 9.68 Å². The van der Waals surface area contributed by atoms with E-state index in [1.165, 1.54) is 20.7 Å². The Kier molecular flexibility index (Phi) is 6.34. The van der Waals surface area contributed by atoms with E-state index in [9.17, 15) is 0 Å². The van der Waals surface area contributed by atoms with Crippen LogP contribution in [0.2, 0.25) is 0 Å². The Balaban J connectivity index is 1.79. The van der Waals surface area contributed by atoms with Crippen LogP contribution in [0.3, 0.4) is 0 Å². The Hall–Kier alpha value is -4.00. The lowest BCUT2D eigenvalue weighted by Gasteiger charge is -2.34. The fourth-order valence-corrected chi connectivity index (χ4v) is 9.40. The molecule has 0 bridgehead atoms. The van der Waals surface area contributed by atoms with Crippen molar-refractivity contribution in [1.82, 2.24) is 9.97 Å². The third kappa shape index (κ3) is 4.05. The van der Waals surface area contributed by atoms with Crippen molar-refractivity contribution in [2.75, 3.05) is 0 Å². The first-order valence-electron chi connectivity index (χ1n) is 11.2. The summed E-state index contributed by atoms with van der Waals surface area (Å²) in [6.07, 6.45) is 1.65. The number of hydrogen-bond donors (Lipinski definition) is 1.